The minimum Gasteiger partial charge on any atom is -0.504 e. The summed E-state index contributed by atoms with van der Waals surface area (Å²) in [6.45, 7) is 3.92. The summed E-state index contributed by atoms with van der Waals surface area (Å²) in [6.07, 6.45) is 1.63. The number of phenols is 1. The van der Waals surface area contributed by atoms with Crippen LogP contribution in [-0.2, 0) is 33.6 Å². The van der Waals surface area contributed by atoms with Crippen molar-refractivity contribution in [2.45, 2.75) is 39.5 Å². The van der Waals surface area contributed by atoms with Crippen LogP contribution in [0, 0.1) is 5.92 Å². The Labute approximate surface area is 200 Å². The lowest BCUT2D eigenvalue weighted by atomic mass is 9.94. The molecule has 2 aromatic carbocycles. The lowest BCUT2D eigenvalue weighted by Crippen LogP contribution is -2.17. The van der Waals surface area contributed by atoms with Gasteiger partial charge < -0.3 is 28.8 Å². The van der Waals surface area contributed by atoms with Crippen molar-refractivity contribution in [1.82, 2.24) is 0 Å². The Bertz CT molecular complexity index is 997. The number of esters is 1. The van der Waals surface area contributed by atoms with Crippen molar-refractivity contribution in [2.24, 2.45) is 5.92 Å². The molecule has 0 amide bonds. The van der Waals surface area contributed by atoms with Gasteiger partial charge in [0.1, 0.15) is 23.0 Å². The molecule has 0 aliphatic rings. The molecular formula is C26H34O8. The Balaban J connectivity index is 2.46. The molecule has 0 saturated heterocycles. The fourth-order valence-corrected chi connectivity index (χ4v) is 3.58. The van der Waals surface area contributed by atoms with Gasteiger partial charge in [0.25, 0.3) is 0 Å². The molecule has 0 aromatic heterocycles. The van der Waals surface area contributed by atoms with E-state index in [4.69, 9.17) is 23.7 Å². The van der Waals surface area contributed by atoms with Gasteiger partial charge in [-0.2, -0.15) is 0 Å². The number of benzene rings is 2. The molecule has 1 N–H and O–H groups in total. The number of carbonyl (C=O) groups is 2. The van der Waals surface area contributed by atoms with Crippen molar-refractivity contribution in [1.29, 1.82) is 0 Å². The van der Waals surface area contributed by atoms with Crippen LogP contribution in [0.3, 0.4) is 0 Å². The first-order valence-corrected chi connectivity index (χ1v) is 11.1. The highest BCUT2D eigenvalue weighted by molar-refractivity contribution is 5.85. The van der Waals surface area contributed by atoms with Crippen LogP contribution >= 0.6 is 0 Å². The van der Waals surface area contributed by atoms with E-state index in [1.165, 1.54) is 27.4 Å². The predicted molar refractivity (Wildman–Crippen MR) is 127 cm³/mol. The van der Waals surface area contributed by atoms with E-state index in [-0.39, 0.29) is 31.0 Å². The highest BCUT2D eigenvalue weighted by atomic mass is 16.6. The third-order valence-electron chi connectivity index (χ3n) is 5.40. The largest absolute Gasteiger partial charge is 0.504 e. The van der Waals surface area contributed by atoms with Crippen molar-refractivity contribution < 1.29 is 38.4 Å². The van der Waals surface area contributed by atoms with Crippen LogP contribution in [0.4, 0.5) is 0 Å². The van der Waals surface area contributed by atoms with E-state index in [1.807, 2.05) is 0 Å². The minimum atomic E-state index is -0.537. The van der Waals surface area contributed by atoms with Crippen molar-refractivity contribution in [3.8, 4) is 28.7 Å². The quantitative estimate of drug-likeness (QED) is 0.436. The molecule has 0 saturated carbocycles. The van der Waals surface area contributed by atoms with Crippen LogP contribution in [0.1, 0.15) is 37.0 Å². The van der Waals surface area contributed by atoms with Gasteiger partial charge in [0.05, 0.1) is 28.4 Å². The van der Waals surface area contributed by atoms with E-state index >= 15 is 0 Å². The van der Waals surface area contributed by atoms with Gasteiger partial charge in [0.15, 0.2) is 18.1 Å². The second kappa shape index (κ2) is 12.7. The number of hydrogen-bond donors (Lipinski definition) is 1. The van der Waals surface area contributed by atoms with Crippen molar-refractivity contribution in [2.75, 3.05) is 35.0 Å². The number of aromatic hydroxyl groups is 1. The zero-order valence-corrected chi connectivity index (χ0v) is 20.7. The molecule has 0 aliphatic carbocycles. The average molecular weight is 475 g/mol. The Kier molecular flexibility index (Phi) is 10.0. The molecule has 0 unspecified atom stereocenters. The topological polar surface area (TPSA) is 101 Å². The van der Waals surface area contributed by atoms with Crippen molar-refractivity contribution >= 4 is 11.8 Å². The number of methoxy groups -OCH3 is 4. The minimum absolute atomic E-state index is 0.00353. The fraction of sp³-hybridized carbons (Fsp3) is 0.462. The highest BCUT2D eigenvalue weighted by Gasteiger charge is 2.24. The third-order valence-corrected chi connectivity index (χ3v) is 5.40. The van der Waals surface area contributed by atoms with Gasteiger partial charge in [-0.1, -0.05) is 19.9 Å². The van der Waals surface area contributed by atoms with Crippen LogP contribution < -0.4 is 18.9 Å². The molecule has 186 valence electrons. The van der Waals surface area contributed by atoms with Crippen LogP contribution in [0.15, 0.2) is 24.3 Å². The molecule has 0 radical (unpaired) electrons. The number of phenolic OH excluding ortho intramolecular Hbond substituents is 1. The molecular weight excluding hydrogens is 440 g/mol. The van der Waals surface area contributed by atoms with Crippen LogP contribution in [-0.4, -0.2) is 51.9 Å². The van der Waals surface area contributed by atoms with E-state index in [1.54, 1.807) is 25.3 Å². The maximum Gasteiger partial charge on any atom is 0.343 e. The SMILES string of the molecule is COC(=O)COc1c(CCC(C)C)c(OC)cc(OC)c1CC(=O)Cc1ccc(O)c(OC)c1. The van der Waals surface area contributed by atoms with E-state index in [0.717, 1.165) is 12.0 Å². The molecule has 34 heavy (non-hydrogen) atoms. The lowest BCUT2D eigenvalue weighted by Gasteiger charge is -2.21. The molecule has 0 spiro atoms. The smallest absolute Gasteiger partial charge is 0.343 e. The molecule has 2 rings (SSSR count). The summed E-state index contributed by atoms with van der Waals surface area (Å²) in [6, 6.07) is 6.53. The molecule has 0 bridgehead atoms. The summed E-state index contributed by atoms with van der Waals surface area (Å²) in [7, 11) is 5.80. The fourth-order valence-electron chi connectivity index (χ4n) is 3.58. The zero-order valence-electron chi connectivity index (χ0n) is 20.7. The van der Waals surface area contributed by atoms with Gasteiger partial charge >= 0.3 is 5.97 Å². The van der Waals surface area contributed by atoms with Crippen LogP contribution in [0.2, 0.25) is 0 Å². The number of Topliss-reactive ketones (excluding diaryl/α,β-unsaturated/α-hetero) is 1. The number of ether oxygens (including phenoxy) is 5. The molecule has 0 fully saturated rings. The second-order valence-corrected chi connectivity index (χ2v) is 8.26. The van der Waals surface area contributed by atoms with Crippen LogP contribution in [0.5, 0.6) is 28.7 Å². The second-order valence-electron chi connectivity index (χ2n) is 8.26. The summed E-state index contributed by atoms with van der Waals surface area (Å²) in [5, 5.41) is 9.81. The third kappa shape index (κ3) is 7.04. The molecule has 0 atom stereocenters. The first-order chi connectivity index (χ1) is 16.2. The Morgan fingerprint density at radius 2 is 1.53 bits per heavy atom. The Hall–Kier alpha value is -3.42. The maximum absolute atomic E-state index is 13.1. The number of carbonyl (C=O) groups excluding carboxylic acids is 2. The normalized spacial score (nSPS) is 10.7. The number of ketones is 1. The van der Waals surface area contributed by atoms with Gasteiger partial charge in [-0.3, -0.25) is 4.79 Å². The predicted octanol–water partition coefficient (Wildman–Crippen LogP) is 3.91. The van der Waals surface area contributed by atoms with E-state index in [2.05, 4.69) is 13.8 Å². The van der Waals surface area contributed by atoms with Crippen molar-refractivity contribution in [3.05, 3.63) is 41.0 Å². The molecule has 2 aromatic rings. The van der Waals surface area contributed by atoms with E-state index in [9.17, 15) is 14.7 Å². The number of hydrogen-bond acceptors (Lipinski definition) is 8. The van der Waals surface area contributed by atoms with Gasteiger partial charge in [-0.25, -0.2) is 4.79 Å². The molecule has 0 heterocycles. The highest BCUT2D eigenvalue weighted by Crippen LogP contribution is 2.41. The van der Waals surface area contributed by atoms with E-state index in [0.29, 0.717) is 46.5 Å². The van der Waals surface area contributed by atoms with E-state index < -0.39 is 5.97 Å². The van der Waals surface area contributed by atoms with Gasteiger partial charge in [-0.15, -0.1) is 0 Å². The Morgan fingerprint density at radius 1 is 0.882 bits per heavy atom. The molecule has 8 nitrogen and oxygen atoms in total. The lowest BCUT2D eigenvalue weighted by molar-refractivity contribution is -0.142. The maximum atomic E-state index is 13.1. The van der Waals surface area contributed by atoms with Gasteiger partial charge in [0.2, 0.25) is 0 Å². The summed E-state index contributed by atoms with van der Waals surface area (Å²) < 4.78 is 26.9. The first kappa shape index (κ1) is 26.8. The Morgan fingerprint density at radius 3 is 2.12 bits per heavy atom. The summed E-state index contributed by atoms with van der Waals surface area (Å²) in [4.78, 5) is 24.9. The molecule has 0 aliphatic heterocycles. The summed E-state index contributed by atoms with van der Waals surface area (Å²) in [5.41, 5.74) is 2.01. The van der Waals surface area contributed by atoms with Gasteiger partial charge in [0, 0.05) is 30.0 Å². The van der Waals surface area contributed by atoms with Crippen molar-refractivity contribution in [3.63, 3.8) is 0 Å². The van der Waals surface area contributed by atoms with Gasteiger partial charge in [-0.05, 0) is 36.5 Å². The number of rotatable bonds is 13. The monoisotopic (exact) mass is 474 g/mol. The summed E-state index contributed by atoms with van der Waals surface area (Å²) >= 11 is 0. The zero-order chi connectivity index (χ0) is 25.3. The average Bonchev–Trinajstić information content (AvgIpc) is 2.82. The van der Waals surface area contributed by atoms with Crippen LogP contribution in [0.25, 0.3) is 0 Å². The summed E-state index contributed by atoms with van der Waals surface area (Å²) in [5.74, 6) is 1.49. The standard InChI is InChI=1S/C26H34O8/c1-16(2)7-9-19-22(30-3)14-23(31-4)20(26(19)34-15-25(29)33-6)13-18(27)11-17-8-10-21(28)24(12-17)32-5/h8,10,12,14,16,28H,7,9,11,13,15H2,1-6H3. The first-order valence-electron chi connectivity index (χ1n) is 11.1. The molecule has 8 heteroatoms.